The lowest BCUT2D eigenvalue weighted by Gasteiger charge is -2.28. The molecule has 0 aliphatic carbocycles. The van der Waals surface area contributed by atoms with E-state index >= 15 is 0 Å². The van der Waals surface area contributed by atoms with E-state index < -0.39 is 5.54 Å². The van der Waals surface area contributed by atoms with Gasteiger partial charge in [-0.05, 0) is 35.2 Å². The maximum absolute atomic E-state index is 13.7. The van der Waals surface area contributed by atoms with Crippen LogP contribution < -0.4 is 5.32 Å². The summed E-state index contributed by atoms with van der Waals surface area (Å²) in [5.41, 5.74) is 2.33. The summed E-state index contributed by atoms with van der Waals surface area (Å²) in [5, 5.41) is 12.3. The van der Waals surface area contributed by atoms with Gasteiger partial charge in [-0.2, -0.15) is 0 Å². The fourth-order valence-electron chi connectivity index (χ4n) is 3.64. The van der Waals surface area contributed by atoms with Crippen LogP contribution in [0.2, 0.25) is 5.02 Å². The van der Waals surface area contributed by atoms with Crippen LogP contribution in [-0.2, 0) is 16.9 Å². The van der Waals surface area contributed by atoms with Crippen molar-refractivity contribution in [1.29, 1.82) is 5.41 Å². The average Bonchev–Trinajstić information content (AvgIpc) is 2.97. The van der Waals surface area contributed by atoms with E-state index in [0.29, 0.717) is 5.02 Å². The van der Waals surface area contributed by atoms with Crippen LogP contribution in [0.25, 0.3) is 0 Å². The van der Waals surface area contributed by atoms with Gasteiger partial charge in [-0.15, -0.1) is 0 Å². The molecule has 4 nitrogen and oxygen atoms in total. The highest BCUT2D eigenvalue weighted by atomic mass is 35.5. The molecule has 0 unspecified atom stereocenters. The van der Waals surface area contributed by atoms with Crippen LogP contribution in [0, 0.1) is 12.3 Å². The van der Waals surface area contributed by atoms with Crippen molar-refractivity contribution in [3.63, 3.8) is 0 Å². The van der Waals surface area contributed by atoms with Crippen molar-refractivity contribution in [2.45, 2.75) is 19.0 Å². The highest BCUT2D eigenvalue weighted by Gasteiger charge is 2.52. The quantitative estimate of drug-likeness (QED) is 0.692. The Morgan fingerprint density at radius 2 is 1.54 bits per heavy atom. The number of hydrogen-bond acceptors (Lipinski definition) is 2. The molecule has 0 radical (unpaired) electrons. The lowest BCUT2D eigenvalue weighted by atomic mass is 9.82. The molecule has 1 aliphatic heterocycles. The van der Waals surface area contributed by atoms with E-state index in [0.717, 1.165) is 22.3 Å². The first kappa shape index (κ1) is 18.3. The molecule has 3 aromatic carbocycles. The first-order valence-corrected chi connectivity index (χ1v) is 9.45. The maximum Gasteiger partial charge on any atom is 0.264 e. The van der Waals surface area contributed by atoms with Gasteiger partial charge in [-0.1, -0.05) is 84.4 Å². The molecule has 5 heteroatoms. The average molecular weight is 390 g/mol. The van der Waals surface area contributed by atoms with E-state index in [9.17, 15) is 4.79 Å². The van der Waals surface area contributed by atoms with Crippen LogP contribution in [0.5, 0.6) is 0 Å². The highest BCUT2D eigenvalue weighted by Crippen LogP contribution is 2.36. The van der Waals surface area contributed by atoms with E-state index in [1.165, 1.54) is 4.90 Å². The van der Waals surface area contributed by atoms with Crippen LogP contribution >= 0.6 is 11.6 Å². The third-order valence-corrected chi connectivity index (χ3v) is 5.44. The lowest BCUT2D eigenvalue weighted by molar-refractivity contribution is -0.130. The Morgan fingerprint density at radius 1 is 0.964 bits per heavy atom. The molecule has 1 amide bonds. The molecule has 0 aromatic heterocycles. The number of rotatable bonds is 4. The minimum absolute atomic E-state index is 0.0642. The molecule has 140 valence electrons. The number of nitrogens with one attached hydrogen (secondary N) is 2. The molecule has 0 spiro atoms. The fourth-order valence-corrected chi connectivity index (χ4v) is 3.93. The van der Waals surface area contributed by atoms with E-state index in [1.807, 2.05) is 85.8 Å². The molecular weight excluding hydrogens is 370 g/mol. The van der Waals surface area contributed by atoms with Crippen molar-refractivity contribution >= 4 is 23.5 Å². The summed E-state index contributed by atoms with van der Waals surface area (Å²) in [6.45, 7) is 2.21. The number of amides is 1. The van der Waals surface area contributed by atoms with Gasteiger partial charge in [0.1, 0.15) is 0 Å². The van der Waals surface area contributed by atoms with Crippen molar-refractivity contribution in [3.8, 4) is 0 Å². The zero-order valence-corrected chi connectivity index (χ0v) is 16.2. The van der Waals surface area contributed by atoms with E-state index in [-0.39, 0.29) is 18.4 Å². The maximum atomic E-state index is 13.7. The molecular formula is C23H20ClN3O. The van der Waals surface area contributed by atoms with Crippen LogP contribution in [0.3, 0.4) is 0 Å². The Balaban J connectivity index is 1.79. The zero-order chi connectivity index (χ0) is 19.7. The van der Waals surface area contributed by atoms with Gasteiger partial charge in [0.05, 0.1) is 6.54 Å². The van der Waals surface area contributed by atoms with Crippen molar-refractivity contribution in [2.24, 2.45) is 0 Å². The third kappa shape index (κ3) is 2.96. The summed E-state index contributed by atoms with van der Waals surface area (Å²) in [7, 11) is 0. The molecule has 1 fully saturated rings. The Labute approximate surface area is 169 Å². The van der Waals surface area contributed by atoms with E-state index in [1.54, 1.807) is 0 Å². The standard InChI is InChI=1S/C23H20ClN3O/c1-16-12-13-17(20(24)14-16)15-27-21(28)23(26-22(27)25,18-8-4-2-5-9-18)19-10-6-3-7-11-19/h2-14H,15H2,1H3,(H2,25,26). The molecule has 1 saturated heterocycles. The van der Waals surface area contributed by atoms with E-state index in [4.69, 9.17) is 17.0 Å². The van der Waals surface area contributed by atoms with Gasteiger partial charge in [0.15, 0.2) is 11.5 Å². The lowest BCUT2D eigenvalue weighted by Crippen LogP contribution is -2.45. The minimum atomic E-state index is -1.13. The number of nitrogens with zero attached hydrogens (tertiary/aromatic N) is 1. The first-order valence-electron chi connectivity index (χ1n) is 9.07. The predicted molar refractivity (Wildman–Crippen MR) is 111 cm³/mol. The number of carbonyl (C=O) groups excluding carboxylic acids is 1. The smallest absolute Gasteiger partial charge is 0.264 e. The van der Waals surface area contributed by atoms with Crippen molar-refractivity contribution in [1.82, 2.24) is 10.2 Å². The number of guanidine groups is 1. The Hall–Kier alpha value is -3.11. The number of hydrogen-bond donors (Lipinski definition) is 2. The largest absolute Gasteiger partial charge is 0.334 e. The Morgan fingerprint density at radius 3 is 2.07 bits per heavy atom. The second kappa shape index (κ2) is 7.13. The number of halogens is 1. The summed E-state index contributed by atoms with van der Waals surface area (Å²) in [6, 6.07) is 24.8. The molecule has 0 bridgehead atoms. The SMILES string of the molecule is Cc1ccc(CN2C(=N)NC(c3ccccc3)(c3ccccc3)C2=O)c(Cl)c1. The van der Waals surface area contributed by atoms with Crippen LogP contribution in [0.1, 0.15) is 22.3 Å². The molecule has 2 N–H and O–H groups in total. The third-order valence-electron chi connectivity index (χ3n) is 5.09. The number of aryl methyl sites for hydroxylation is 1. The normalized spacial score (nSPS) is 15.6. The first-order chi connectivity index (χ1) is 13.5. The van der Waals surface area contributed by atoms with Gasteiger partial charge >= 0.3 is 0 Å². The van der Waals surface area contributed by atoms with Crippen LogP contribution in [-0.4, -0.2) is 16.8 Å². The molecule has 0 atom stereocenters. The minimum Gasteiger partial charge on any atom is -0.334 e. The molecule has 1 heterocycles. The van der Waals surface area contributed by atoms with Crippen LogP contribution in [0.4, 0.5) is 0 Å². The molecule has 3 aromatic rings. The van der Waals surface area contributed by atoms with Gasteiger partial charge in [0.2, 0.25) is 0 Å². The Bertz CT molecular complexity index is 995. The molecule has 1 aliphatic rings. The fraction of sp³-hybridized carbons (Fsp3) is 0.130. The second-order valence-electron chi connectivity index (χ2n) is 6.94. The summed E-state index contributed by atoms with van der Waals surface area (Å²) in [4.78, 5) is 15.2. The van der Waals surface area contributed by atoms with Gasteiger partial charge in [0, 0.05) is 5.02 Å². The summed E-state index contributed by atoms with van der Waals surface area (Å²) >= 11 is 6.38. The topological polar surface area (TPSA) is 56.2 Å². The van der Waals surface area contributed by atoms with Gasteiger partial charge in [-0.3, -0.25) is 15.1 Å². The Kier molecular flexibility index (Phi) is 4.65. The second-order valence-corrected chi connectivity index (χ2v) is 7.35. The van der Waals surface area contributed by atoms with Gasteiger partial charge in [0.25, 0.3) is 5.91 Å². The summed E-state index contributed by atoms with van der Waals surface area (Å²) in [5.74, 6) is -0.124. The zero-order valence-electron chi connectivity index (χ0n) is 15.4. The van der Waals surface area contributed by atoms with Gasteiger partial charge < -0.3 is 5.32 Å². The monoisotopic (exact) mass is 389 g/mol. The number of benzene rings is 3. The summed E-state index contributed by atoms with van der Waals surface area (Å²) in [6.07, 6.45) is 0. The van der Waals surface area contributed by atoms with Crippen molar-refractivity contribution in [2.75, 3.05) is 0 Å². The number of carbonyl (C=O) groups is 1. The highest BCUT2D eigenvalue weighted by molar-refractivity contribution is 6.31. The molecule has 4 rings (SSSR count). The summed E-state index contributed by atoms with van der Waals surface area (Å²) < 4.78 is 0. The van der Waals surface area contributed by atoms with Crippen molar-refractivity contribution < 1.29 is 4.79 Å². The molecule has 0 saturated carbocycles. The van der Waals surface area contributed by atoms with E-state index in [2.05, 4.69) is 5.32 Å². The van der Waals surface area contributed by atoms with Crippen molar-refractivity contribution in [3.05, 3.63) is 106 Å². The molecule has 28 heavy (non-hydrogen) atoms. The van der Waals surface area contributed by atoms with Gasteiger partial charge in [-0.25, -0.2) is 0 Å². The van der Waals surface area contributed by atoms with Crippen LogP contribution in [0.15, 0.2) is 78.9 Å². The predicted octanol–water partition coefficient (Wildman–Crippen LogP) is 4.46.